The molecule has 248 valence electrons. The zero-order valence-electron chi connectivity index (χ0n) is 28.2. The standard InChI is InChI=1S/C34H48N7O3PS/c1-8-22-17-26(29(42-4)18-27(22)40-13-11-23(12-14-40)41-20-24(21-41)39(2)3)37-34-35-19-30(46-7)33(38-34)36-25-9-10-28-31(32(25)45(5)6)44-16-15-43-28/h9-10,17-19,23-24H,8,11-16,20-21H2,1-7H3,(H2,35,36,37,38). The highest BCUT2D eigenvalue weighted by atomic mass is 32.2. The molecule has 3 aromatic rings. The Morgan fingerprint density at radius 1 is 1.07 bits per heavy atom. The van der Waals surface area contributed by atoms with Crippen molar-refractivity contribution in [2.75, 3.05) is 95.7 Å². The minimum Gasteiger partial charge on any atom is -0.494 e. The minimum atomic E-state index is -0.476. The van der Waals surface area contributed by atoms with Gasteiger partial charge in [0, 0.05) is 61.5 Å². The molecule has 0 spiro atoms. The first-order valence-electron chi connectivity index (χ1n) is 16.2. The summed E-state index contributed by atoms with van der Waals surface area (Å²) < 4.78 is 17.9. The van der Waals surface area contributed by atoms with Crippen LogP contribution in [0, 0.1) is 0 Å². The Morgan fingerprint density at radius 2 is 1.83 bits per heavy atom. The molecule has 6 rings (SSSR count). The number of nitrogens with zero attached hydrogens (tertiary/aromatic N) is 5. The first kappa shape index (κ1) is 32.9. The van der Waals surface area contributed by atoms with Crippen LogP contribution in [0.2, 0.25) is 0 Å². The summed E-state index contributed by atoms with van der Waals surface area (Å²) in [5.41, 5.74) is 4.39. The highest BCUT2D eigenvalue weighted by molar-refractivity contribution is 7.98. The molecule has 46 heavy (non-hydrogen) atoms. The van der Waals surface area contributed by atoms with Crippen molar-refractivity contribution in [1.82, 2.24) is 19.8 Å². The molecule has 2 aromatic carbocycles. The van der Waals surface area contributed by atoms with E-state index < -0.39 is 7.92 Å². The Balaban J connectivity index is 1.21. The Labute approximate surface area is 279 Å². The van der Waals surface area contributed by atoms with E-state index in [1.807, 2.05) is 18.5 Å². The van der Waals surface area contributed by atoms with Gasteiger partial charge in [0.25, 0.3) is 0 Å². The molecular formula is C34H48N7O3PS. The molecule has 1 aromatic heterocycles. The van der Waals surface area contributed by atoms with Gasteiger partial charge >= 0.3 is 0 Å². The molecule has 10 nitrogen and oxygen atoms in total. The lowest BCUT2D eigenvalue weighted by atomic mass is 9.96. The summed E-state index contributed by atoms with van der Waals surface area (Å²) in [4.78, 5) is 18.1. The van der Waals surface area contributed by atoms with Crippen molar-refractivity contribution in [2.45, 2.75) is 43.2 Å². The maximum atomic E-state index is 6.07. The van der Waals surface area contributed by atoms with Crippen LogP contribution in [0.25, 0.3) is 0 Å². The third-order valence-corrected chi connectivity index (χ3v) is 11.4. The molecule has 0 unspecified atom stereocenters. The van der Waals surface area contributed by atoms with Gasteiger partial charge in [-0.05, 0) is 76.7 Å². The van der Waals surface area contributed by atoms with E-state index >= 15 is 0 Å². The van der Waals surface area contributed by atoms with E-state index in [1.54, 1.807) is 18.9 Å². The number of nitrogens with one attached hydrogen (secondary N) is 2. The molecule has 0 saturated carbocycles. The van der Waals surface area contributed by atoms with E-state index in [9.17, 15) is 0 Å². The van der Waals surface area contributed by atoms with Crippen molar-refractivity contribution in [3.05, 3.63) is 36.0 Å². The number of aromatic nitrogens is 2. The van der Waals surface area contributed by atoms with Gasteiger partial charge in [-0.3, -0.25) is 4.90 Å². The number of benzene rings is 2. The van der Waals surface area contributed by atoms with Crippen molar-refractivity contribution in [3.63, 3.8) is 0 Å². The number of likely N-dealkylation sites (tertiary alicyclic amines) is 1. The number of rotatable bonds is 11. The molecule has 0 amide bonds. The number of ether oxygens (including phenoxy) is 3. The van der Waals surface area contributed by atoms with Gasteiger partial charge in [0.2, 0.25) is 5.95 Å². The summed E-state index contributed by atoms with van der Waals surface area (Å²) in [5.74, 6) is 3.68. The SMILES string of the molecule is CCc1cc(Nc2ncc(SC)c(Nc3ccc4c(c3P(C)C)OCCO4)n2)c(OC)cc1N1CCC(N2CC(N(C)C)C2)CC1. The number of anilines is 5. The molecule has 4 heterocycles. The van der Waals surface area contributed by atoms with Gasteiger partial charge in [-0.25, -0.2) is 4.98 Å². The van der Waals surface area contributed by atoms with E-state index in [0.29, 0.717) is 31.2 Å². The lowest BCUT2D eigenvalue weighted by Gasteiger charge is -2.49. The van der Waals surface area contributed by atoms with E-state index in [2.05, 4.69) is 82.9 Å². The highest BCUT2D eigenvalue weighted by Crippen LogP contribution is 2.42. The predicted octanol–water partition coefficient (Wildman–Crippen LogP) is 5.61. The average molecular weight is 666 g/mol. The number of aryl methyl sites for hydroxylation is 1. The van der Waals surface area contributed by atoms with Crippen LogP contribution >= 0.6 is 19.7 Å². The van der Waals surface area contributed by atoms with Crippen molar-refractivity contribution in [2.24, 2.45) is 0 Å². The normalized spacial score (nSPS) is 17.4. The number of hydrogen-bond acceptors (Lipinski definition) is 11. The van der Waals surface area contributed by atoms with Crippen LogP contribution in [0.15, 0.2) is 35.4 Å². The van der Waals surface area contributed by atoms with E-state index in [0.717, 1.165) is 64.2 Å². The fourth-order valence-electron chi connectivity index (χ4n) is 6.61. The quantitative estimate of drug-likeness (QED) is 0.198. The summed E-state index contributed by atoms with van der Waals surface area (Å²) >= 11 is 1.61. The number of hydrogen-bond donors (Lipinski definition) is 2. The molecular weight excluding hydrogens is 617 g/mol. The summed E-state index contributed by atoms with van der Waals surface area (Å²) in [7, 11) is 5.63. The summed E-state index contributed by atoms with van der Waals surface area (Å²) in [6.07, 6.45) is 7.22. The van der Waals surface area contributed by atoms with Gasteiger partial charge < -0.3 is 34.6 Å². The van der Waals surface area contributed by atoms with E-state index in [-0.39, 0.29) is 0 Å². The molecule has 0 radical (unpaired) electrons. The number of thioether (sulfide) groups is 1. The molecule has 2 N–H and O–H groups in total. The largest absolute Gasteiger partial charge is 0.494 e. The molecule has 2 fully saturated rings. The first-order chi connectivity index (χ1) is 22.3. The van der Waals surface area contributed by atoms with Crippen LogP contribution in [0.5, 0.6) is 17.2 Å². The molecule has 2 saturated heterocycles. The Bertz CT molecular complexity index is 1530. The number of fused-ring (bicyclic) bond motifs is 1. The molecule has 3 aliphatic heterocycles. The van der Waals surface area contributed by atoms with Crippen LogP contribution in [0.4, 0.5) is 28.8 Å². The second-order valence-corrected chi connectivity index (χ2v) is 15.6. The number of piperidine rings is 1. The maximum absolute atomic E-state index is 6.07. The van der Waals surface area contributed by atoms with Crippen molar-refractivity contribution in [1.29, 1.82) is 0 Å². The predicted molar refractivity (Wildman–Crippen MR) is 193 cm³/mol. The molecule has 0 bridgehead atoms. The molecule has 3 aliphatic rings. The summed E-state index contributed by atoms with van der Waals surface area (Å²) in [6, 6.07) is 9.82. The topological polar surface area (TPSA) is 87.2 Å². The minimum absolute atomic E-state index is 0.476. The Kier molecular flexibility index (Phi) is 10.3. The van der Waals surface area contributed by atoms with Crippen molar-refractivity contribution < 1.29 is 14.2 Å². The molecule has 0 aliphatic carbocycles. The van der Waals surface area contributed by atoms with Gasteiger partial charge in [0.1, 0.15) is 24.8 Å². The Morgan fingerprint density at radius 3 is 2.50 bits per heavy atom. The van der Waals surface area contributed by atoms with E-state index in [1.165, 1.54) is 37.2 Å². The third kappa shape index (κ3) is 6.84. The van der Waals surface area contributed by atoms with Crippen LogP contribution < -0.4 is 35.0 Å². The highest BCUT2D eigenvalue weighted by Gasteiger charge is 2.35. The van der Waals surface area contributed by atoms with Crippen LogP contribution in [0.3, 0.4) is 0 Å². The number of likely N-dealkylation sites (N-methyl/N-ethyl adjacent to an activating group) is 1. The maximum Gasteiger partial charge on any atom is 0.229 e. The fourth-order valence-corrected chi connectivity index (χ4v) is 8.25. The van der Waals surface area contributed by atoms with E-state index in [4.69, 9.17) is 19.2 Å². The van der Waals surface area contributed by atoms with Crippen molar-refractivity contribution in [3.8, 4) is 17.2 Å². The average Bonchev–Trinajstić information content (AvgIpc) is 3.04. The smallest absolute Gasteiger partial charge is 0.229 e. The zero-order chi connectivity index (χ0) is 32.4. The van der Waals surface area contributed by atoms with Crippen LogP contribution in [0.1, 0.15) is 25.3 Å². The van der Waals surface area contributed by atoms with Crippen LogP contribution in [-0.2, 0) is 6.42 Å². The van der Waals surface area contributed by atoms with Gasteiger partial charge in [0.15, 0.2) is 11.5 Å². The van der Waals surface area contributed by atoms with Gasteiger partial charge in [-0.15, -0.1) is 11.8 Å². The summed E-state index contributed by atoms with van der Waals surface area (Å²) in [5, 5.41) is 8.23. The monoisotopic (exact) mass is 665 g/mol. The van der Waals surface area contributed by atoms with Crippen molar-refractivity contribution >= 4 is 53.8 Å². The Hall–Kier alpha value is -2.98. The zero-order valence-corrected chi connectivity index (χ0v) is 29.9. The summed E-state index contributed by atoms with van der Waals surface area (Å²) in [6.45, 7) is 12.3. The number of methoxy groups -OCH3 is 1. The molecule has 0 atom stereocenters. The second-order valence-electron chi connectivity index (χ2n) is 12.6. The third-order valence-electron chi connectivity index (χ3n) is 9.33. The van der Waals surface area contributed by atoms with Gasteiger partial charge in [-0.1, -0.05) is 14.8 Å². The molecule has 12 heteroatoms. The van der Waals surface area contributed by atoms with Gasteiger partial charge in [-0.2, -0.15) is 4.98 Å². The van der Waals surface area contributed by atoms with Gasteiger partial charge in [0.05, 0.1) is 23.4 Å². The fraction of sp³-hybridized carbons (Fsp3) is 0.529. The second kappa shape index (κ2) is 14.4. The van der Waals surface area contributed by atoms with Crippen LogP contribution in [-0.4, -0.2) is 112 Å². The lowest BCUT2D eigenvalue weighted by Crippen LogP contribution is -2.62. The lowest BCUT2D eigenvalue weighted by molar-refractivity contribution is 0.0188. The first-order valence-corrected chi connectivity index (χ1v) is 19.7.